The van der Waals surface area contributed by atoms with E-state index in [1.165, 1.54) is 23.7 Å². The number of aromatic nitrogens is 1. The minimum Gasteiger partial charge on any atom is -0.489 e. The first kappa shape index (κ1) is 17.2. The first-order chi connectivity index (χ1) is 12.6. The SMILES string of the molecule is O=C(O)Cc1ccccc1OCc1cc(Br)c2ccn(CC3CC3)c2c1. The summed E-state index contributed by atoms with van der Waals surface area (Å²) in [4.78, 5) is 11.0. The number of rotatable bonds is 7. The van der Waals surface area contributed by atoms with Gasteiger partial charge in [0.2, 0.25) is 0 Å². The molecule has 3 aromatic rings. The molecule has 1 aromatic heterocycles. The summed E-state index contributed by atoms with van der Waals surface area (Å²) in [7, 11) is 0. The van der Waals surface area contributed by atoms with E-state index in [0.717, 1.165) is 22.5 Å². The number of halogens is 1. The zero-order valence-electron chi connectivity index (χ0n) is 14.3. The third-order valence-corrected chi connectivity index (χ3v) is 5.41. The van der Waals surface area contributed by atoms with Crippen molar-refractivity contribution in [1.82, 2.24) is 4.57 Å². The molecule has 1 aliphatic carbocycles. The van der Waals surface area contributed by atoms with Gasteiger partial charge in [-0.25, -0.2) is 0 Å². The number of carboxylic acid groups (broad SMARTS) is 1. The molecule has 0 spiro atoms. The van der Waals surface area contributed by atoms with Gasteiger partial charge in [-0.1, -0.05) is 34.1 Å². The summed E-state index contributed by atoms with van der Waals surface area (Å²) < 4.78 is 9.32. The Hall–Kier alpha value is -2.27. The molecule has 0 atom stereocenters. The van der Waals surface area contributed by atoms with Crippen LogP contribution >= 0.6 is 15.9 Å². The molecule has 0 radical (unpaired) electrons. The summed E-state index contributed by atoms with van der Waals surface area (Å²) in [6.45, 7) is 1.47. The molecular weight excluding hydrogens is 394 g/mol. The fourth-order valence-electron chi connectivity index (χ4n) is 3.24. The molecule has 2 aromatic carbocycles. The molecule has 0 bridgehead atoms. The van der Waals surface area contributed by atoms with Crippen LogP contribution in [0.4, 0.5) is 0 Å². The van der Waals surface area contributed by atoms with Crippen molar-refractivity contribution >= 4 is 32.8 Å². The smallest absolute Gasteiger partial charge is 0.307 e. The summed E-state index contributed by atoms with van der Waals surface area (Å²) in [6.07, 6.45) is 4.76. The van der Waals surface area contributed by atoms with Crippen LogP contribution in [0.2, 0.25) is 0 Å². The lowest BCUT2D eigenvalue weighted by Gasteiger charge is -2.12. The van der Waals surface area contributed by atoms with Crippen LogP contribution in [0.15, 0.2) is 53.1 Å². The van der Waals surface area contributed by atoms with Crippen LogP contribution in [0.1, 0.15) is 24.0 Å². The van der Waals surface area contributed by atoms with Crippen molar-refractivity contribution in [3.8, 4) is 5.75 Å². The fraction of sp³-hybridized carbons (Fsp3) is 0.286. The molecule has 0 amide bonds. The third-order valence-electron chi connectivity index (χ3n) is 4.76. The standard InChI is InChI=1S/C21H20BrNO3/c22-18-9-15(10-19-17(18)7-8-23(19)12-14-5-6-14)13-26-20-4-2-1-3-16(20)11-21(24)25/h1-4,7-10,14H,5-6,11-13H2,(H,24,25). The largest absolute Gasteiger partial charge is 0.489 e. The molecule has 26 heavy (non-hydrogen) atoms. The molecule has 1 saturated carbocycles. The van der Waals surface area contributed by atoms with Crippen LogP contribution in [0.5, 0.6) is 5.75 Å². The van der Waals surface area contributed by atoms with Crippen LogP contribution in [-0.4, -0.2) is 15.6 Å². The lowest BCUT2D eigenvalue weighted by atomic mass is 10.1. The average Bonchev–Trinajstić information content (AvgIpc) is 3.33. The summed E-state index contributed by atoms with van der Waals surface area (Å²) in [5.74, 6) is 0.578. The first-order valence-corrected chi connectivity index (χ1v) is 9.59. The van der Waals surface area contributed by atoms with Crippen LogP contribution in [0, 0.1) is 5.92 Å². The highest BCUT2D eigenvalue weighted by Crippen LogP contribution is 2.34. The Morgan fingerprint density at radius 1 is 1.23 bits per heavy atom. The Kier molecular flexibility index (Phi) is 4.72. The third kappa shape index (κ3) is 3.78. The van der Waals surface area contributed by atoms with Gasteiger partial charge in [-0.15, -0.1) is 0 Å². The van der Waals surface area contributed by atoms with Crippen molar-refractivity contribution in [1.29, 1.82) is 0 Å². The van der Waals surface area contributed by atoms with E-state index in [2.05, 4.69) is 44.9 Å². The molecule has 0 aliphatic heterocycles. The van der Waals surface area contributed by atoms with Gasteiger partial charge in [0, 0.05) is 33.7 Å². The zero-order valence-corrected chi connectivity index (χ0v) is 15.9. The highest BCUT2D eigenvalue weighted by atomic mass is 79.9. The summed E-state index contributed by atoms with van der Waals surface area (Å²) in [5.41, 5.74) is 2.96. The quantitative estimate of drug-likeness (QED) is 0.591. The number of fused-ring (bicyclic) bond motifs is 1. The first-order valence-electron chi connectivity index (χ1n) is 8.80. The number of benzene rings is 2. The molecule has 0 unspecified atom stereocenters. The Balaban J connectivity index is 1.56. The molecule has 1 aliphatic rings. The van der Waals surface area contributed by atoms with Gasteiger partial charge < -0.3 is 14.4 Å². The predicted molar refractivity (Wildman–Crippen MR) is 104 cm³/mol. The molecule has 4 nitrogen and oxygen atoms in total. The monoisotopic (exact) mass is 413 g/mol. The molecule has 0 saturated heterocycles. The van der Waals surface area contributed by atoms with Gasteiger partial charge >= 0.3 is 5.97 Å². The molecule has 5 heteroatoms. The Morgan fingerprint density at radius 2 is 2.04 bits per heavy atom. The predicted octanol–water partition coefficient (Wildman–Crippen LogP) is 5.02. The van der Waals surface area contributed by atoms with Gasteiger partial charge in [0.05, 0.1) is 6.42 Å². The number of hydrogen-bond donors (Lipinski definition) is 1. The Labute approximate surface area is 160 Å². The van der Waals surface area contributed by atoms with Gasteiger partial charge in [0.1, 0.15) is 12.4 Å². The number of carbonyl (C=O) groups is 1. The second kappa shape index (κ2) is 7.16. The summed E-state index contributed by atoms with van der Waals surface area (Å²) in [5, 5.41) is 10.3. The van der Waals surface area contributed by atoms with Crippen molar-refractivity contribution in [3.63, 3.8) is 0 Å². The normalized spacial score (nSPS) is 13.9. The van der Waals surface area contributed by atoms with Crippen LogP contribution in [0.3, 0.4) is 0 Å². The van der Waals surface area contributed by atoms with E-state index in [-0.39, 0.29) is 6.42 Å². The Morgan fingerprint density at radius 3 is 2.81 bits per heavy atom. The lowest BCUT2D eigenvalue weighted by Crippen LogP contribution is -2.04. The lowest BCUT2D eigenvalue weighted by molar-refractivity contribution is -0.136. The number of para-hydroxylation sites is 1. The van der Waals surface area contributed by atoms with Gasteiger partial charge in [0.15, 0.2) is 0 Å². The van der Waals surface area contributed by atoms with Gasteiger partial charge in [-0.3, -0.25) is 4.79 Å². The minimum absolute atomic E-state index is 0.0385. The van der Waals surface area contributed by atoms with E-state index < -0.39 is 5.97 Å². The molecule has 134 valence electrons. The second-order valence-corrected chi connectivity index (χ2v) is 7.74. The number of hydrogen-bond acceptors (Lipinski definition) is 2. The van der Waals surface area contributed by atoms with Crippen molar-refractivity contribution in [2.45, 2.75) is 32.4 Å². The van der Waals surface area contributed by atoms with E-state index >= 15 is 0 Å². The van der Waals surface area contributed by atoms with Crippen molar-refractivity contribution in [3.05, 3.63) is 64.3 Å². The highest BCUT2D eigenvalue weighted by Gasteiger charge is 2.22. The van der Waals surface area contributed by atoms with Gasteiger partial charge in [-0.05, 0) is 48.6 Å². The maximum absolute atomic E-state index is 11.0. The molecule has 1 N–H and O–H groups in total. The topological polar surface area (TPSA) is 51.5 Å². The van der Waals surface area contributed by atoms with Gasteiger partial charge in [-0.2, -0.15) is 0 Å². The summed E-state index contributed by atoms with van der Waals surface area (Å²) >= 11 is 3.67. The molecule has 1 heterocycles. The number of carboxylic acids is 1. The van der Waals surface area contributed by atoms with Crippen molar-refractivity contribution in [2.24, 2.45) is 5.92 Å². The van der Waals surface area contributed by atoms with Crippen molar-refractivity contribution < 1.29 is 14.6 Å². The minimum atomic E-state index is -0.858. The van der Waals surface area contributed by atoms with E-state index in [1.807, 2.05) is 18.2 Å². The van der Waals surface area contributed by atoms with E-state index in [4.69, 9.17) is 9.84 Å². The zero-order chi connectivity index (χ0) is 18.1. The fourth-order valence-corrected chi connectivity index (χ4v) is 3.87. The van der Waals surface area contributed by atoms with Crippen LogP contribution < -0.4 is 4.74 Å². The van der Waals surface area contributed by atoms with Crippen molar-refractivity contribution in [2.75, 3.05) is 0 Å². The molecular formula is C21H20BrNO3. The maximum atomic E-state index is 11.0. The van der Waals surface area contributed by atoms with Gasteiger partial charge in [0.25, 0.3) is 0 Å². The van der Waals surface area contributed by atoms with Crippen LogP contribution in [0.25, 0.3) is 10.9 Å². The van der Waals surface area contributed by atoms with E-state index in [9.17, 15) is 4.79 Å². The number of aliphatic carboxylic acids is 1. The second-order valence-electron chi connectivity index (χ2n) is 6.89. The highest BCUT2D eigenvalue weighted by molar-refractivity contribution is 9.10. The molecule has 1 fully saturated rings. The number of nitrogens with zero attached hydrogens (tertiary/aromatic N) is 1. The summed E-state index contributed by atoms with van der Waals surface area (Å²) in [6, 6.07) is 13.7. The number of ether oxygens (including phenoxy) is 1. The van der Waals surface area contributed by atoms with E-state index in [1.54, 1.807) is 6.07 Å². The average molecular weight is 414 g/mol. The van der Waals surface area contributed by atoms with E-state index in [0.29, 0.717) is 17.9 Å². The maximum Gasteiger partial charge on any atom is 0.307 e. The van der Waals surface area contributed by atoms with Crippen LogP contribution in [-0.2, 0) is 24.4 Å². The molecule has 4 rings (SSSR count). The Bertz CT molecular complexity index is 959.